The van der Waals surface area contributed by atoms with Gasteiger partial charge in [-0.25, -0.2) is 0 Å². The molecule has 0 aromatic rings. The van der Waals surface area contributed by atoms with Gasteiger partial charge in [0.2, 0.25) is 0 Å². The number of ether oxygens (including phenoxy) is 1. The van der Waals surface area contributed by atoms with Crippen molar-refractivity contribution >= 4 is 11.8 Å². The van der Waals surface area contributed by atoms with Gasteiger partial charge in [-0.1, -0.05) is 0 Å². The predicted octanol–water partition coefficient (Wildman–Crippen LogP) is 1.77. The first kappa shape index (κ1) is 13.5. The highest BCUT2D eigenvalue weighted by Gasteiger charge is 2.31. The summed E-state index contributed by atoms with van der Waals surface area (Å²) in [4.78, 5) is 25.3. The van der Waals surface area contributed by atoms with Crippen molar-refractivity contribution in [3.05, 3.63) is 0 Å². The van der Waals surface area contributed by atoms with Gasteiger partial charge in [0.1, 0.15) is 5.78 Å². The van der Waals surface area contributed by atoms with Gasteiger partial charge >= 0.3 is 5.97 Å². The van der Waals surface area contributed by atoms with Crippen LogP contribution in [0.5, 0.6) is 0 Å². The van der Waals surface area contributed by atoms with Crippen LogP contribution < -0.4 is 0 Å². The third-order valence-electron chi connectivity index (χ3n) is 4.19. The minimum Gasteiger partial charge on any atom is -0.466 e. The van der Waals surface area contributed by atoms with E-state index in [-0.39, 0.29) is 11.9 Å². The van der Waals surface area contributed by atoms with E-state index in [9.17, 15) is 9.59 Å². The summed E-state index contributed by atoms with van der Waals surface area (Å²) < 4.78 is 5.08. The summed E-state index contributed by atoms with van der Waals surface area (Å²) >= 11 is 0. The summed E-state index contributed by atoms with van der Waals surface area (Å²) in [5.41, 5.74) is 0. The van der Waals surface area contributed by atoms with E-state index < -0.39 is 0 Å². The molecule has 0 radical (unpaired) electrons. The normalized spacial score (nSPS) is 30.2. The first-order chi connectivity index (χ1) is 8.70. The standard InChI is InChI=1S/C14H23NO3/c1-2-18-14(17)11-3-5-12(6-4-11)15-9-7-13(16)8-10-15/h11-12H,2-10H2,1H3. The molecule has 4 heteroatoms. The molecule has 102 valence electrons. The van der Waals surface area contributed by atoms with Crippen LogP contribution >= 0.6 is 0 Å². The topological polar surface area (TPSA) is 46.6 Å². The zero-order chi connectivity index (χ0) is 13.0. The highest BCUT2D eigenvalue weighted by molar-refractivity contribution is 5.79. The Balaban J connectivity index is 1.76. The van der Waals surface area contributed by atoms with Gasteiger partial charge in [-0.2, -0.15) is 0 Å². The Morgan fingerprint density at radius 3 is 2.39 bits per heavy atom. The van der Waals surface area contributed by atoms with Crippen molar-refractivity contribution in [2.24, 2.45) is 5.92 Å². The molecule has 18 heavy (non-hydrogen) atoms. The number of piperidine rings is 1. The van der Waals surface area contributed by atoms with E-state index >= 15 is 0 Å². The molecule has 0 unspecified atom stereocenters. The van der Waals surface area contributed by atoms with Gasteiger partial charge in [0.25, 0.3) is 0 Å². The number of rotatable bonds is 3. The molecular formula is C14H23NO3. The molecule has 0 bridgehead atoms. The molecule has 1 aliphatic heterocycles. The molecule has 1 saturated heterocycles. The second kappa shape index (κ2) is 6.32. The van der Waals surface area contributed by atoms with Gasteiger partial charge in [-0.3, -0.25) is 14.5 Å². The van der Waals surface area contributed by atoms with E-state index in [1.165, 1.54) is 0 Å². The Bertz CT molecular complexity index is 298. The van der Waals surface area contributed by atoms with E-state index in [1.54, 1.807) is 0 Å². The average molecular weight is 253 g/mol. The first-order valence-corrected chi connectivity index (χ1v) is 7.13. The SMILES string of the molecule is CCOC(=O)C1CCC(N2CCC(=O)CC2)CC1. The van der Waals surface area contributed by atoms with Gasteiger partial charge in [-0.05, 0) is 32.6 Å². The molecule has 0 N–H and O–H groups in total. The lowest BCUT2D eigenvalue weighted by molar-refractivity contribution is -0.149. The third kappa shape index (κ3) is 3.31. The number of Topliss-reactive ketones (excluding diaryl/α,β-unsaturated/α-hetero) is 1. The van der Waals surface area contributed by atoms with Crippen LogP contribution in [-0.4, -0.2) is 42.4 Å². The van der Waals surface area contributed by atoms with Gasteiger partial charge in [0, 0.05) is 32.0 Å². The second-order valence-electron chi connectivity index (χ2n) is 5.33. The van der Waals surface area contributed by atoms with E-state index in [4.69, 9.17) is 4.74 Å². The molecular weight excluding hydrogens is 230 g/mol. The largest absolute Gasteiger partial charge is 0.466 e. The summed E-state index contributed by atoms with van der Waals surface area (Å²) in [5.74, 6) is 0.476. The molecule has 2 aliphatic rings. The highest BCUT2D eigenvalue weighted by Crippen LogP contribution is 2.29. The Labute approximate surface area is 109 Å². The fourth-order valence-electron chi connectivity index (χ4n) is 3.08. The number of esters is 1. The molecule has 1 heterocycles. The summed E-state index contributed by atoms with van der Waals surface area (Å²) in [5, 5.41) is 0. The van der Waals surface area contributed by atoms with Crippen LogP contribution in [0.15, 0.2) is 0 Å². The third-order valence-corrected chi connectivity index (χ3v) is 4.19. The lowest BCUT2D eigenvalue weighted by Gasteiger charge is -2.37. The van der Waals surface area contributed by atoms with Crippen LogP contribution in [-0.2, 0) is 14.3 Å². The molecule has 0 spiro atoms. The number of carbonyl (C=O) groups is 2. The molecule has 0 aromatic heterocycles. The van der Waals surface area contributed by atoms with Crippen LogP contribution in [0.4, 0.5) is 0 Å². The van der Waals surface area contributed by atoms with Crippen LogP contribution in [0.3, 0.4) is 0 Å². The van der Waals surface area contributed by atoms with Crippen molar-refractivity contribution in [2.45, 2.75) is 51.5 Å². The van der Waals surface area contributed by atoms with Crippen LogP contribution in [0.25, 0.3) is 0 Å². The second-order valence-corrected chi connectivity index (χ2v) is 5.33. The molecule has 4 nitrogen and oxygen atoms in total. The number of carbonyl (C=O) groups excluding carboxylic acids is 2. The van der Waals surface area contributed by atoms with Crippen LogP contribution in [0.1, 0.15) is 45.4 Å². The van der Waals surface area contributed by atoms with Gasteiger partial charge in [0.05, 0.1) is 12.5 Å². The lowest BCUT2D eigenvalue weighted by atomic mass is 9.84. The predicted molar refractivity (Wildman–Crippen MR) is 68.2 cm³/mol. The summed E-state index contributed by atoms with van der Waals surface area (Å²) in [6.45, 7) is 4.16. The summed E-state index contributed by atoms with van der Waals surface area (Å²) in [6.07, 6.45) is 5.42. The monoisotopic (exact) mass is 253 g/mol. The minimum atomic E-state index is -0.0234. The lowest BCUT2D eigenvalue weighted by Crippen LogP contribution is -2.44. The van der Waals surface area contributed by atoms with Crippen molar-refractivity contribution in [1.29, 1.82) is 0 Å². The van der Waals surface area contributed by atoms with Gasteiger partial charge in [0.15, 0.2) is 0 Å². The Morgan fingerprint density at radius 1 is 1.22 bits per heavy atom. The van der Waals surface area contributed by atoms with Crippen LogP contribution in [0, 0.1) is 5.92 Å². The highest BCUT2D eigenvalue weighted by atomic mass is 16.5. The maximum absolute atomic E-state index is 11.6. The number of likely N-dealkylation sites (tertiary alicyclic amines) is 1. The van der Waals surface area contributed by atoms with Gasteiger partial charge in [-0.15, -0.1) is 0 Å². The van der Waals surface area contributed by atoms with Crippen molar-refractivity contribution < 1.29 is 14.3 Å². The van der Waals surface area contributed by atoms with E-state index in [2.05, 4.69) is 4.90 Å². The molecule has 2 rings (SSSR count). The van der Waals surface area contributed by atoms with Gasteiger partial charge < -0.3 is 4.74 Å². The number of nitrogens with zero attached hydrogens (tertiary/aromatic N) is 1. The number of ketones is 1. The molecule has 2 fully saturated rings. The number of hydrogen-bond acceptors (Lipinski definition) is 4. The Hall–Kier alpha value is -0.900. The fourth-order valence-corrected chi connectivity index (χ4v) is 3.08. The van der Waals surface area contributed by atoms with E-state index in [0.717, 1.165) is 38.8 Å². The van der Waals surface area contributed by atoms with Crippen molar-refractivity contribution in [2.75, 3.05) is 19.7 Å². The maximum Gasteiger partial charge on any atom is 0.308 e. The number of hydrogen-bond donors (Lipinski definition) is 0. The van der Waals surface area contributed by atoms with E-state index in [0.29, 0.717) is 31.3 Å². The van der Waals surface area contributed by atoms with Crippen molar-refractivity contribution in [3.63, 3.8) is 0 Å². The minimum absolute atomic E-state index is 0.0234. The molecule has 1 aliphatic carbocycles. The zero-order valence-electron chi connectivity index (χ0n) is 11.2. The van der Waals surface area contributed by atoms with Crippen molar-refractivity contribution in [3.8, 4) is 0 Å². The fraction of sp³-hybridized carbons (Fsp3) is 0.857. The quantitative estimate of drug-likeness (QED) is 0.719. The zero-order valence-corrected chi connectivity index (χ0v) is 11.2. The average Bonchev–Trinajstić information content (AvgIpc) is 2.40. The first-order valence-electron chi connectivity index (χ1n) is 7.13. The maximum atomic E-state index is 11.6. The van der Waals surface area contributed by atoms with Crippen LogP contribution in [0.2, 0.25) is 0 Å². The van der Waals surface area contributed by atoms with Crippen molar-refractivity contribution in [1.82, 2.24) is 4.90 Å². The Kier molecular flexibility index (Phi) is 4.75. The molecule has 0 atom stereocenters. The molecule has 0 amide bonds. The van der Waals surface area contributed by atoms with E-state index in [1.807, 2.05) is 6.92 Å². The Morgan fingerprint density at radius 2 is 1.83 bits per heavy atom. The molecule has 1 saturated carbocycles. The smallest absolute Gasteiger partial charge is 0.308 e. The summed E-state index contributed by atoms with van der Waals surface area (Å²) in [6, 6.07) is 0.573. The molecule has 0 aromatic carbocycles. The summed E-state index contributed by atoms with van der Waals surface area (Å²) in [7, 11) is 0.